The van der Waals surface area contributed by atoms with Crippen molar-refractivity contribution in [2.24, 2.45) is 0 Å². The van der Waals surface area contributed by atoms with Crippen molar-refractivity contribution in [3.63, 3.8) is 0 Å². The molecule has 0 atom stereocenters. The normalized spacial score (nSPS) is 10.8. The van der Waals surface area contributed by atoms with Crippen LogP contribution in [0.2, 0.25) is 5.02 Å². The van der Waals surface area contributed by atoms with Gasteiger partial charge in [0, 0.05) is 11.6 Å². The molecule has 94 valence electrons. The molecule has 3 heteroatoms. The zero-order valence-electron chi connectivity index (χ0n) is 10.3. The summed E-state index contributed by atoms with van der Waals surface area (Å²) in [6.45, 7) is 1.99. The smallest absolute Gasteiger partial charge is 0.140 e. The first-order chi connectivity index (χ1) is 9.16. The minimum absolute atomic E-state index is 0.633. The average molecular weight is 287 g/mol. The molecular formula is C16H11ClOS. The van der Waals surface area contributed by atoms with E-state index < -0.39 is 0 Å². The lowest BCUT2D eigenvalue weighted by Crippen LogP contribution is -1.84. The van der Waals surface area contributed by atoms with Crippen LogP contribution in [0.3, 0.4) is 0 Å². The van der Waals surface area contributed by atoms with Crippen molar-refractivity contribution < 1.29 is 4.42 Å². The maximum atomic E-state index is 6.21. The predicted molar refractivity (Wildman–Crippen MR) is 82.2 cm³/mol. The number of hydrogen-bond acceptors (Lipinski definition) is 2. The molecular weight excluding hydrogens is 276 g/mol. The fourth-order valence-corrected chi connectivity index (χ4v) is 2.72. The SMILES string of the molecule is Cc1ccc(Cl)c2c(=S)cc(-c3ccccc3)oc12. The number of aryl methyl sites for hydroxylation is 1. The molecule has 1 nitrogen and oxygen atoms in total. The van der Waals surface area contributed by atoms with Gasteiger partial charge in [-0.05, 0) is 18.6 Å². The van der Waals surface area contributed by atoms with Crippen LogP contribution in [-0.4, -0.2) is 0 Å². The largest absolute Gasteiger partial charge is 0.456 e. The summed E-state index contributed by atoms with van der Waals surface area (Å²) in [6, 6.07) is 15.6. The number of hydrogen-bond donors (Lipinski definition) is 0. The van der Waals surface area contributed by atoms with Crippen LogP contribution < -0.4 is 0 Å². The summed E-state index contributed by atoms with van der Waals surface area (Å²) < 4.78 is 6.71. The predicted octanol–water partition coefficient (Wildman–Crippen LogP) is 5.79. The van der Waals surface area contributed by atoms with Gasteiger partial charge in [0.25, 0.3) is 0 Å². The number of halogens is 1. The Kier molecular flexibility index (Phi) is 3.13. The topological polar surface area (TPSA) is 13.1 Å². The zero-order valence-corrected chi connectivity index (χ0v) is 11.9. The fraction of sp³-hybridized carbons (Fsp3) is 0.0625. The summed E-state index contributed by atoms with van der Waals surface area (Å²) in [6.07, 6.45) is 0. The molecule has 2 aromatic carbocycles. The van der Waals surface area contributed by atoms with Gasteiger partial charge in [-0.2, -0.15) is 0 Å². The van der Waals surface area contributed by atoms with Crippen LogP contribution in [-0.2, 0) is 0 Å². The van der Waals surface area contributed by atoms with E-state index in [9.17, 15) is 0 Å². The molecule has 0 N–H and O–H groups in total. The standard InChI is InChI=1S/C16H11ClOS/c1-10-7-8-12(17)15-14(19)9-13(18-16(10)15)11-5-3-2-4-6-11/h2-9H,1H3. The molecule has 0 aliphatic heterocycles. The number of rotatable bonds is 1. The Morgan fingerprint density at radius 3 is 2.53 bits per heavy atom. The summed E-state index contributed by atoms with van der Waals surface area (Å²) in [5, 5.41) is 1.45. The molecule has 3 aromatic rings. The van der Waals surface area contributed by atoms with E-state index in [4.69, 9.17) is 28.2 Å². The van der Waals surface area contributed by atoms with Crippen LogP contribution >= 0.6 is 23.8 Å². The lowest BCUT2D eigenvalue weighted by atomic mass is 10.1. The zero-order chi connectivity index (χ0) is 13.4. The fourth-order valence-electron chi connectivity index (χ4n) is 2.10. The van der Waals surface area contributed by atoms with Crippen molar-refractivity contribution in [1.82, 2.24) is 0 Å². The highest BCUT2D eigenvalue weighted by Crippen LogP contribution is 2.31. The average Bonchev–Trinajstić information content (AvgIpc) is 2.43. The van der Waals surface area contributed by atoms with E-state index in [-0.39, 0.29) is 0 Å². The molecule has 0 saturated heterocycles. The van der Waals surface area contributed by atoms with Gasteiger partial charge >= 0.3 is 0 Å². The van der Waals surface area contributed by atoms with Gasteiger partial charge < -0.3 is 4.42 Å². The van der Waals surface area contributed by atoms with Crippen molar-refractivity contribution in [3.05, 3.63) is 63.6 Å². The minimum Gasteiger partial charge on any atom is -0.456 e. The van der Waals surface area contributed by atoms with Gasteiger partial charge in [-0.3, -0.25) is 0 Å². The first kappa shape index (κ1) is 12.4. The highest BCUT2D eigenvalue weighted by molar-refractivity contribution is 7.71. The van der Waals surface area contributed by atoms with E-state index in [0.29, 0.717) is 9.53 Å². The summed E-state index contributed by atoms with van der Waals surface area (Å²) in [4.78, 5) is 0. The maximum absolute atomic E-state index is 6.21. The van der Waals surface area contributed by atoms with Crippen molar-refractivity contribution in [2.75, 3.05) is 0 Å². The highest BCUT2D eigenvalue weighted by atomic mass is 35.5. The first-order valence-electron chi connectivity index (χ1n) is 5.95. The third-order valence-electron chi connectivity index (χ3n) is 3.08. The van der Waals surface area contributed by atoms with Gasteiger partial charge in [0.15, 0.2) is 0 Å². The van der Waals surface area contributed by atoms with Gasteiger partial charge in [0.05, 0.1) is 14.9 Å². The molecule has 3 rings (SSSR count). The van der Waals surface area contributed by atoms with Crippen molar-refractivity contribution in [3.8, 4) is 11.3 Å². The van der Waals surface area contributed by atoms with Crippen LogP contribution in [0.15, 0.2) is 52.9 Å². The van der Waals surface area contributed by atoms with E-state index in [2.05, 4.69) is 0 Å². The van der Waals surface area contributed by atoms with Gasteiger partial charge in [0.1, 0.15) is 11.3 Å². The molecule has 0 spiro atoms. The molecule has 1 heterocycles. The molecule has 0 radical (unpaired) electrons. The third-order valence-corrected chi connectivity index (χ3v) is 3.72. The minimum atomic E-state index is 0.633. The summed E-state index contributed by atoms with van der Waals surface area (Å²) in [5.74, 6) is 0.767. The molecule has 0 amide bonds. The molecule has 0 aliphatic carbocycles. The number of benzene rings is 2. The molecule has 0 unspecified atom stereocenters. The Balaban J connectivity index is 2.38. The van der Waals surface area contributed by atoms with E-state index in [0.717, 1.165) is 27.9 Å². The van der Waals surface area contributed by atoms with Crippen molar-refractivity contribution in [2.45, 2.75) is 6.92 Å². The summed E-state index contributed by atoms with van der Waals surface area (Å²) >= 11 is 11.6. The van der Waals surface area contributed by atoms with Crippen LogP contribution in [0.25, 0.3) is 22.3 Å². The molecule has 0 fully saturated rings. The lowest BCUT2D eigenvalue weighted by molar-refractivity contribution is 0.617. The molecule has 0 saturated carbocycles. The third kappa shape index (κ3) is 2.18. The molecule has 1 aromatic heterocycles. The van der Waals surface area contributed by atoms with Crippen LogP contribution in [0.4, 0.5) is 0 Å². The van der Waals surface area contributed by atoms with E-state index in [1.165, 1.54) is 0 Å². The molecule has 0 bridgehead atoms. The van der Waals surface area contributed by atoms with E-state index in [1.54, 1.807) is 0 Å². The molecule has 0 aliphatic rings. The first-order valence-corrected chi connectivity index (χ1v) is 6.74. The highest BCUT2D eigenvalue weighted by Gasteiger charge is 2.09. The second kappa shape index (κ2) is 4.80. The second-order valence-corrected chi connectivity index (χ2v) is 5.26. The van der Waals surface area contributed by atoms with Crippen LogP contribution in [0.1, 0.15) is 5.56 Å². The van der Waals surface area contributed by atoms with Crippen LogP contribution in [0.5, 0.6) is 0 Å². The Bertz CT molecular complexity index is 806. The Morgan fingerprint density at radius 2 is 1.79 bits per heavy atom. The second-order valence-electron chi connectivity index (χ2n) is 4.41. The summed E-state index contributed by atoms with van der Waals surface area (Å²) in [7, 11) is 0. The lowest BCUT2D eigenvalue weighted by Gasteiger charge is -2.07. The molecule has 19 heavy (non-hydrogen) atoms. The quantitative estimate of drug-likeness (QED) is 0.525. The van der Waals surface area contributed by atoms with Crippen molar-refractivity contribution >= 4 is 34.8 Å². The van der Waals surface area contributed by atoms with Crippen LogP contribution in [0, 0.1) is 11.4 Å². The monoisotopic (exact) mass is 286 g/mol. The number of fused-ring (bicyclic) bond motifs is 1. The van der Waals surface area contributed by atoms with E-state index >= 15 is 0 Å². The van der Waals surface area contributed by atoms with E-state index in [1.807, 2.05) is 55.5 Å². The Hall–Kier alpha value is -1.64. The van der Waals surface area contributed by atoms with Gasteiger partial charge in [-0.15, -0.1) is 0 Å². The van der Waals surface area contributed by atoms with Gasteiger partial charge in [0.2, 0.25) is 0 Å². The van der Waals surface area contributed by atoms with Gasteiger partial charge in [-0.25, -0.2) is 0 Å². The van der Waals surface area contributed by atoms with Crippen molar-refractivity contribution in [1.29, 1.82) is 0 Å². The Labute approximate surface area is 121 Å². The van der Waals surface area contributed by atoms with Gasteiger partial charge in [-0.1, -0.05) is 60.2 Å². The Morgan fingerprint density at radius 1 is 1.05 bits per heavy atom. The maximum Gasteiger partial charge on any atom is 0.140 e. The summed E-state index contributed by atoms with van der Waals surface area (Å²) in [5.41, 5.74) is 2.80.